The van der Waals surface area contributed by atoms with Gasteiger partial charge in [0.05, 0.1) is 18.7 Å². The highest BCUT2D eigenvalue weighted by Gasteiger charge is 2.26. The van der Waals surface area contributed by atoms with Crippen molar-refractivity contribution in [2.75, 3.05) is 18.5 Å². The van der Waals surface area contributed by atoms with Crippen LogP contribution in [0.3, 0.4) is 0 Å². The van der Waals surface area contributed by atoms with E-state index in [9.17, 15) is 14.4 Å². The van der Waals surface area contributed by atoms with Gasteiger partial charge in [0.15, 0.2) is 0 Å². The fourth-order valence-corrected chi connectivity index (χ4v) is 3.80. The number of ether oxygens (including phenoxy) is 1. The molecular formula is C25H27N5O4. The van der Waals surface area contributed by atoms with E-state index in [1.807, 2.05) is 50.2 Å². The third-order valence-corrected chi connectivity index (χ3v) is 5.55. The maximum atomic E-state index is 12.6. The summed E-state index contributed by atoms with van der Waals surface area (Å²) in [6.07, 6.45) is 4.69. The van der Waals surface area contributed by atoms with Gasteiger partial charge in [0.25, 0.3) is 0 Å². The minimum Gasteiger partial charge on any atom is -0.465 e. The number of carbonyl (C=O) groups excluding carboxylic acids is 3. The van der Waals surface area contributed by atoms with Gasteiger partial charge in [0.1, 0.15) is 12.4 Å². The maximum absolute atomic E-state index is 12.6. The molecule has 0 spiro atoms. The van der Waals surface area contributed by atoms with Crippen LogP contribution in [0, 0.1) is 0 Å². The summed E-state index contributed by atoms with van der Waals surface area (Å²) >= 11 is 0. The number of urea groups is 1. The highest BCUT2D eigenvalue weighted by molar-refractivity contribution is 5.94. The SMILES string of the molecule is CCOC(=O)CN1Cc2cc(C=CC(=O)NC(C)(C)c3cc4ccccc4[nH]3)cnc2NC1=O. The van der Waals surface area contributed by atoms with Gasteiger partial charge in [-0.1, -0.05) is 18.2 Å². The Balaban J connectivity index is 1.43. The number of aromatic amines is 1. The molecule has 4 rings (SSSR count). The van der Waals surface area contributed by atoms with Crippen molar-refractivity contribution in [3.63, 3.8) is 0 Å². The van der Waals surface area contributed by atoms with Crippen molar-refractivity contribution in [2.24, 2.45) is 0 Å². The molecule has 9 heteroatoms. The van der Waals surface area contributed by atoms with Gasteiger partial charge >= 0.3 is 12.0 Å². The average molecular weight is 462 g/mol. The zero-order valence-corrected chi connectivity index (χ0v) is 19.3. The summed E-state index contributed by atoms with van der Waals surface area (Å²) in [5, 5.41) is 6.77. The van der Waals surface area contributed by atoms with E-state index < -0.39 is 17.5 Å². The first-order chi connectivity index (χ1) is 16.2. The molecule has 3 aromatic rings. The summed E-state index contributed by atoms with van der Waals surface area (Å²) in [6.45, 7) is 5.90. The van der Waals surface area contributed by atoms with Crippen LogP contribution in [0.2, 0.25) is 0 Å². The van der Waals surface area contributed by atoms with Crippen LogP contribution < -0.4 is 10.6 Å². The Morgan fingerprint density at radius 2 is 2.06 bits per heavy atom. The normalized spacial score (nSPS) is 13.6. The van der Waals surface area contributed by atoms with E-state index in [0.29, 0.717) is 11.4 Å². The number of aromatic nitrogens is 2. The van der Waals surface area contributed by atoms with Gasteiger partial charge in [-0.05, 0) is 56.0 Å². The van der Waals surface area contributed by atoms with Crippen molar-refractivity contribution in [3.05, 3.63) is 65.5 Å². The smallest absolute Gasteiger partial charge is 0.325 e. The Kier molecular flexibility index (Phi) is 6.36. The first kappa shape index (κ1) is 23.0. The number of hydrogen-bond acceptors (Lipinski definition) is 5. The molecule has 176 valence electrons. The van der Waals surface area contributed by atoms with E-state index in [1.165, 1.54) is 11.0 Å². The van der Waals surface area contributed by atoms with Crippen molar-refractivity contribution in [3.8, 4) is 0 Å². The third-order valence-electron chi connectivity index (χ3n) is 5.55. The number of rotatable bonds is 7. The molecule has 0 bridgehead atoms. The van der Waals surface area contributed by atoms with E-state index >= 15 is 0 Å². The standard InChI is InChI=1S/C25H27N5O4/c1-4-34-22(32)15-30-14-18-11-16(13-26-23(18)28-24(30)33)9-10-21(31)29-25(2,3)20-12-17-7-5-6-8-19(17)27-20/h5-13,27H,4,14-15H2,1-3H3,(H,29,31)(H,26,28,33). The van der Waals surface area contributed by atoms with Gasteiger partial charge in [0, 0.05) is 29.0 Å². The van der Waals surface area contributed by atoms with Gasteiger partial charge in [-0.3, -0.25) is 14.9 Å². The number of H-pyrrole nitrogens is 1. The zero-order valence-electron chi connectivity index (χ0n) is 19.3. The summed E-state index contributed by atoms with van der Waals surface area (Å²) in [6, 6.07) is 11.4. The van der Waals surface area contributed by atoms with Crippen LogP contribution in [-0.2, 0) is 26.4 Å². The van der Waals surface area contributed by atoms with Crippen LogP contribution in [0.25, 0.3) is 17.0 Å². The number of nitrogens with zero attached hydrogens (tertiary/aromatic N) is 2. The molecule has 0 unspecified atom stereocenters. The number of esters is 1. The summed E-state index contributed by atoms with van der Waals surface area (Å²) in [7, 11) is 0. The molecule has 0 fully saturated rings. The van der Waals surface area contributed by atoms with Crippen LogP contribution in [0.4, 0.5) is 10.6 Å². The molecule has 1 aromatic carbocycles. The Hall–Kier alpha value is -4.14. The highest BCUT2D eigenvalue weighted by atomic mass is 16.5. The van der Waals surface area contributed by atoms with Gasteiger partial charge in [0.2, 0.25) is 5.91 Å². The fraction of sp³-hybridized carbons (Fsp3) is 0.280. The lowest BCUT2D eigenvalue weighted by Crippen LogP contribution is -2.42. The second kappa shape index (κ2) is 9.38. The molecule has 3 heterocycles. The lowest BCUT2D eigenvalue weighted by Gasteiger charge is -2.28. The molecule has 1 aliphatic heterocycles. The zero-order chi connectivity index (χ0) is 24.3. The third kappa shape index (κ3) is 5.09. The predicted molar refractivity (Wildman–Crippen MR) is 129 cm³/mol. The first-order valence-corrected chi connectivity index (χ1v) is 11.0. The van der Waals surface area contributed by atoms with E-state index in [-0.39, 0.29) is 25.6 Å². The Morgan fingerprint density at radius 1 is 1.26 bits per heavy atom. The molecule has 0 atom stereocenters. The maximum Gasteiger partial charge on any atom is 0.325 e. The predicted octanol–water partition coefficient (Wildman–Crippen LogP) is 3.54. The monoisotopic (exact) mass is 461 g/mol. The van der Waals surface area contributed by atoms with Crippen LogP contribution in [0.1, 0.15) is 37.6 Å². The second-order valence-corrected chi connectivity index (χ2v) is 8.59. The largest absolute Gasteiger partial charge is 0.465 e. The number of amides is 3. The van der Waals surface area contributed by atoms with Crippen LogP contribution in [0.5, 0.6) is 0 Å². The van der Waals surface area contributed by atoms with E-state index in [4.69, 9.17) is 4.74 Å². The topological polar surface area (TPSA) is 116 Å². The Bertz CT molecular complexity index is 1240. The summed E-state index contributed by atoms with van der Waals surface area (Å²) in [5.41, 5.74) is 2.75. The van der Waals surface area contributed by atoms with E-state index in [1.54, 1.807) is 19.2 Å². The molecule has 9 nitrogen and oxygen atoms in total. The molecule has 0 radical (unpaired) electrons. The highest BCUT2D eigenvalue weighted by Crippen LogP contribution is 2.25. The minimum absolute atomic E-state index is 0.148. The van der Waals surface area contributed by atoms with Crippen molar-refractivity contribution in [2.45, 2.75) is 32.9 Å². The van der Waals surface area contributed by atoms with Gasteiger partial charge in [-0.15, -0.1) is 0 Å². The number of para-hydroxylation sites is 1. The number of carbonyl (C=O) groups is 3. The van der Waals surface area contributed by atoms with Crippen molar-refractivity contribution >= 4 is 40.7 Å². The summed E-state index contributed by atoms with van der Waals surface area (Å²) < 4.78 is 4.92. The lowest BCUT2D eigenvalue weighted by molar-refractivity contribution is -0.143. The number of benzene rings is 1. The number of hydrogen-bond donors (Lipinski definition) is 3. The fourth-order valence-electron chi connectivity index (χ4n) is 3.80. The van der Waals surface area contributed by atoms with E-state index in [0.717, 1.165) is 22.2 Å². The summed E-state index contributed by atoms with van der Waals surface area (Å²) in [5.74, 6) is -0.287. The molecule has 0 saturated carbocycles. The first-order valence-electron chi connectivity index (χ1n) is 11.0. The molecule has 0 aliphatic carbocycles. The van der Waals surface area contributed by atoms with Crippen LogP contribution in [-0.4, -0.2) is 45.9 Å². The van der Waals surface area contributed by atoms with E-state index in [2.05, 4.69) is 20.6 Å². The molecular weight excluding hydrogens is 434 g/mol. The quantitative estimate of drug-likeness (QED) is 0.368. The van der Waals surface area contributed by atoms with Gasteiger partial charge < -0.3 is 19.9 Å². The molecule has 3 N–H and O–H groups in total. The minimum atomic E-state index is -0.605. The van der Waals surface area contributed by atoms with Crippen LogP contribution in [0.15, 0.2) is 48.7 Å². The summed E-state index contributed by atoms with van der Waals surface area (Å²) in [4.78, 5) is 45.6. The Labute approximate surface area is 197 Å². The van der Waals surface area contributed by atoms with Gasteiger partial charge in [-0.25, -0.2) is 9.78 Å². The Morgan fingerprint density at radius 3 is 2.82 bits per heavy atom. The molecule has 34 heavy (non-hydrogen) atoms. The van der Waals surface area contributed by atoms with Gasteiger partial charge in [-0.2, -0.15) is 0 Å². The molecule has 3 amide bonds. The average Bonchev–Trinajstić information content (AvgIpc) is 3.24. The van der Waals surface area contributed by atoms with Crippen LogP contribution >= 0.6 is 0 Å². The molecule has 1 aliphatic rings. The molecule has 2 aromatic heterocycles. The lowest BCUT2D eigenvalue weighted by atomic mass is 10.0. The number of fused-ring (bicyclic) bond motifs is 2. The second-order valence-electron chi connectivity index (χ2n) is 8.59. The van der Waals surface area contributed by atoms with Crippen molar-refractivity contribution in [1.82, 2.24) is 20.2 Å². The number of pyridine rings is 1. The molecule has 0 saturated heterocycles. The van der Waals surface area contributed by atoms with Crippen molar-refractivity contribution < 1.29 is 19.1 Å². The number of anilines is 1. The van der Waals surface area contributed by atoms with Crippen molar-refractivity contribution in [1.29, 1.82) is 0 Å². The number of nitrogens with one attached hydrogen (secondary N) is 3.